The summed E-state index contributed by atoms with van der Waals surface area (Å²) < 4.78 is 11.9. The highest BCUT2D eigenvalue weighted by Crippen LogP contribution is 2.60. The molecule has 0 saturated carbocycles. The standard InChI is InChI=1S/C25H37BrN2O6/c1-5-8-10-12-27(11-7-3)23(31)21-25-14-17(26)20(34-25)18(24(32)33-13-9-6-2)19(25)22(30)28(21)16(4)15-29/h6-7,16-21,29H,2-3,5,8-15H2,1,4H3/t16-,17?,18-,19+,20-,21?,25?/m1/s1. The first-order valence-corrected chi connectivity index (χ1v) is 13.1. The second-order valence-corrected chi connectivity index (χ2v) is 10.6. The lowest BCUT2D eigenvalue weighted by Gasteiger charge is -2.38. The molecule has 7 atom stereocenters. The van der Waals surface area contributed by atoms with Crippen LogP contribution in [0.4, 0.5) is 0 Å². The molecule has 34 heavy (non-hydrogen) atoms. The minimum atomic E-state index is -1.15. The summed E-state index contributed by atoms with van der Waals surface area (Å²) in [6.45, 7) is 12.0. The fourth-order valence-electron chi connectivity index (χ4n) is 5.69. The van der Waals surface area contributed by atoms with Gasteiger partial charge in [0.25, 0.3) is 0 Å². The maximum atomic E-state index is 14.0. The van der Waals surface area contributed by atoms with E-state index in [4.69, 9.17) is 9.47 Å². The highest BCUT2D eigenvalue weighted by atomic mass is 79.9. The number of fused-ring (bicyclic) bond motifs is 1. The van der Waals surface area contributed by atoms with Crippen LogP contribution in [0.3, 0.4) is 0 Å². The van der Waals surface area contributed by atoms with E-state index in [9.17, 15) is 19.5 Å². The molecule has 3 aliphatic heterocycles. The molecule has 3 unspecified atom stereocenters. The Balaban J connectivity index is 1.99. The summed E-state index contributed by atoms with van der Waals surface area (Å²) in [4.78, 5) is 43.8. The lowest BCUT2D eigenvalue weighted by Crippen LogP contribution is -2.58. The summed E-state index contributed by atoms with van der Waals surface area (Å²) in [7, 11) is 0. The number of likely N-dealkylation sites (tertiary alicyclic amines) is 1. The van der Waals surface area contributed by atoms with E-state index in [1.165, 1.54) is 4.90 Å². The van der Waals surface area contributed by atoms with Crippen LogP contribution in [0.2, 0.25) is 0 Å². The van der Waals surface area contributed by atoms with Gasteiger partial charge in [0.05, 0.1) is 37.2 Å². The molecule has 1 N–H and O–H groups in total. The van der Waals surface area contributed by atoms with E-state index < -0.39 is 41.6 Å². The van der Waals surface area contributed by atoms with Crippen molar-refractivity contribution in [2.75, 3.05) is 26.3 Å². The molecule has 3 saturated heterocycles. The van der Waals surface area contributed by atoms with Gasteiger partial charge in [-0.1, -0.05) is 47.8 Å². The van der Waals surface area contributed by atoms with Crippen LogP contribution in [0.25, 0.3) is 0 Å². The number of carbonyl (C=O) groups is 3. The first-order chi connectivity index (χ1) is 16.3. The normalized spacial score (nSPS) is 32.4. The largest absolute Gasteiger partial charge is 0.465 e. The van der Waals surface area contributed by atoms with Gasteiger partial charge in [0.1, 0.15) is 11.6 Å². The van der Waals surface area contributed by atoms with E-state index in [1.54, 1.807) is 24.0 Å². The number of alkyl halides is 1. The van der Waals surface area contributed by atoms with Gasteiger partial charge in [-0.15, -0.1) is 13.2 Å². The number of carbonyl (C=O) groups excluding carboxylic acids is 3. The predicted molar refractivity (Wildman–Crippen MR) is 131 cm³/mol. The van der Waals surface area contributed by atoms with Crippen molar-refractivity contribution in [2.24, 2.45) is 11.8 Å². The molecule has 2 amide bonds. The van der Waals surface area contributed by atoms with Gasteiger partial charge in [-0.2, -0.15) is 0 Å². The second kappa shape index (κ2) is 11.4. The maximum absolute atomic E-state index is 14.0. The number of aliphatic hydroxyl groups excluding tert-OH is 1. The molecule has 1 spiro atoms. The van der Waals surface area contributed by atoms with Crippen molar-refractivity contribution in [3.05, 3.63) is 25.3 Å². The van der Waals surface area contributed by atoms with Gasteiger partial charge in [-0.25, -0.2) is 0 Å². The molecule has 0 aromatic heterocycles. The first kappa shape index (κ1) is 26.9. The molecule has 3 fully saturated rings. The zero-order valence-electron chi connectivity index (χ0n) is 20.2. The summed E-state index contributed by atoms with van der Waals surface area (Å²) in [6, 6.07) is -1.53. The Labute approximate surface area is 210 Å². The quantitative estimate of drug-likeness (QED) is 0.167. The van der Waals surface area contributed by atoms with Crippen molar-refractivity contribution in [1.82, 2.24) is 9.80 Å². The Bertz CT molecular complexity index is 806. The monoisotopic (exact) mass is 540 g/mol. The van der Waals surface area contributed by atoms with E-state index >= 15 is 0 Å². The number of amides is 2. The third kappa shape index (κ3) is 4.58. The third-order valence-electron chi connectivity index (χ3n) is 7.23. The summed E-state index contributed by atoms with van der Waals surface area (Å²) >= 11 is 3.64. The molecule has 0 radical (unpaired) electrons. The number of rotatable bonds is 13. The fourth-order valence-corrected chi connectivity index (χ4v) is 6.63. The third-order valence-corrected chi connectivity index (χ3v) is 8.08. The van der Waals surface area contributed by atoms with Crippen molar-refractivity contribution >= 4 is 33.7 Å². The van der Waals surface area contributed by atoms with Gasteiger partial charge < -0.3 is 24.4 Å². The predicted octanol–water partition coefficient (Wildman–Crippen LogP) is 2.44. The Morgan fingerprint density at radius 2 is 2.12 bits per heavy atom. The molecule has 0 aliphatic carbocycles. The van der Waals surface area contributed by atoms with Gasteiger partial charge in [0.15, 0.2) is 0 Å². The van der Waals surface area contributed by atoms with Crippen LogP contribution in [-0.4, -0.2) is 87.6 Å². The van der Waals surface area contributed by atoms with Gasteiger partial charge in [-0.3, -0.25) is 14.4 Å². The van der Waals surface area contributed by atoms with Crippen molar-refractivity contribution < 1.29 is 29.0 Å². The number of esters is 1. The number of hydrogen-bond acceptors (Lipinski definition) is 6. The molecule has 8 nitrogen and oxygen atoms in total. The van der Waals surface area contributed by atoms with E-state index in [0.717, 1.165) is 19.3 Å². The molecule has 0 aromatic carbocycles. The van der Waals surface area contributed by atoms with E-state index in [1.807, 2.05) is 0 Å². The Morgan fingerprint density at radius 1 is 1.38 bits per heavy atom. The summed E-state index contributed by atoms with van der Waals surface area (Å²) in [5, 5.41) is 9.94. The van der Waals surface area contributed by atoms with E-state index in [2.05, 4.69) is 36.0 Å². The molecule has 3 aliphatic rings. The molecule has 190 valence electrons. The molecular weight excluding hydrogens is 504 g/mol. The fraction of sp³-hybridized carbons (Fsp3) is 0.720. The van der Waals surface area contributed by atoms with Crippen molar-refractivity contribution in [3.63, 3.8) is 0 Å². The average molecular weight is 541 g/mol. The van der Waals surface area contributed by atoms with Crippen LogP contribution in [0, 0.1) is 11.8 Å². The highest BCUT2D eigenvalue weighted by Gasteiger charge is 2.77. The van der Waals surface area contributed by atoms with Crippen LogP contribution < -0.4 is 0 Å². The number of ether oxygens (including phenoxy) is 2. The van der Waals surface area contributed by atoms with Crippen LogP contribution in [0.1, 0.15) is 46.0 Å². The van der Waals surface area contributed by atoms with Crippen molar-refractivity contribution in [3.8, 4) is 0 Å². The van der Waals surface area contributed by atoms with Gasteiger partial charge in [0.2, 0.25) is 11.8 Å². The first-order valence-electron chi connectivity index (χ1n) is 12.2. The minimum absolute atomic E-state index is 0.177. The minimum Gasteiger partial charge on any atom is -0.465 e. The van der Waals surface area contributed by atoms with Crippen molar-refractivity contribution in [2.45, 2.75) is 74.6 Å². The summed E-state index contributed by atoms with van der Waals surface area (Å²) in [5.41, 5.74) is -1.15. The summed E-state index contributed by atoms with van der Waals surface area (Å²) in [5.74, 6) is -2.69. The average Bonchev–Trinajstić information content (AvgIpc) is 3.41. The number of hydrogen-bond donors (Lipinski definition) is 1. The molecule has 3 heterocycles. The topological polar surface area (TPSA) is 96.4 Å². The number of halogens is 1. The molecule has 9 heteroatoms. The van der Waals surface area contributed by atoms with Crippen LogP contribution in [0.15, 0.2) is 25.3 Å². The lowest BCUT2D eigenvalue weighted by molar-refractivity contribution is -0.156. The molecule has 2 bridgehead atoms. The van der Waals surface area contributed by atoms with Crippen molar-refractivity contribution in [1.29, 1.82) is 0 Å². The molecular formula is C25H37BrN2O6. The number of nitrogens with zero attached hydrogens (tertiary/aromatic N) is 2. The Hall–Kier alpha value is -1.71. The smallest absolute Gasteiger partial charge is 0.312 e. The molecule has 0 aromatic rings. The second-order valence-electron chi connectivity index (χ2n) is 9.47. The van der Waals surface area contributed by atoms with Gasteiger partial charge in [0, 0.05) is 17.9 Å². The number of aliphatic hydroxyl groups is 1. The zero-order chi connectivity index (χ0) is 25.0. The van der Waals surface area contributed by atoms with Crippen LogP contribution in [-0.2, 0) is 23.9 Å². The summed E-state index contributed by atoms with van der Waals surface area (Å²) in [6.07, 6.45) is 6.55. The van der Waals surface area contributed by atoms with Gasteiger partial charge >= 0.3 is 5.97 Å². The maximum Gasteiger partial charge on any atom is 0.312 e. The Morgan fingerprint density at radius 3 is 2.74 bits per heavy atom. The number of unbranched alkanes of at least 4 members (excludes halogenated alkanes) is 2. The van der Waals surface area contributed by atoms with Crippen LogP contribution in [0.5, 0.6) is 0 Å². The highest BCUT2D eigenvalue weighted by molar-refractivity contribution is 9.09. The van der Waals surface area contributed by atoms with Gasteiger partial charge in [-0.05, 0) is 26.2 Å². The molecule has 3 rings (SSSR count). The lowest BCUT2D eigenvalue weighted by atomic mass is 9.70. The Kier molecular flexibility index (Phi) is 8.98. The van der Waals surface area contributed by atoms with E-state index in [-0.39, 0.29) is 29.9 Å². The SMILES string of the molecule is C=CCCOC(=O)[C@H]1[C@@H]2OC3(CC2Br)C(C(=O)N(CC=C)CCCCC)N([C@H](C)CO)C(=O)[C@H]13. The zero-order valence-corrected chi connectivity index (χ0v) is 21.7. The van der Waals surface area contributed by atoms with Crippen LogP contribution >= 0.6 is 15.9 Å². The van der Waals surface area contributed by atoms with E-state index in [0.29, 0.717) is 25.9 Å².